The predicted molar refractivity (Wildman–Crippen MR) is 124 cm³/mol. The number of rotatable bonds is 6. The smallest absolute Gasteiger partial charge is 0.407 e. The van der Waals surface area contributed by atoms with Crippen molar-refractivity contribution in [3.05, 3.63) is 65.4 Å². The number of carbonyl (C=O) groups excluding carboxylic acids is 1. The number of ether oxygens (including phenoxy) is 2. The van der Waals surface area contributed by atoms with E-state index in [1.54, 1.807) is 7.11 Å². The average Bonchev–Trinajstić information content (AvgIpc) is 3.16. The summed E-state index contributed by atoms with van der Waals surface area (Å²) in [4.78, 5) is 12.2. The number of nitrogens with one attached hydrogen (secondary N) is 1. The molecule has 0 bridgehead atoms. The lowest BCUT2D eigenvalue weighted by atomic mass is 9.82. The van der Waals surface area contributed by atoms with Gasteiger partial charge in [-0.2, -0.15) is 5.26 Å². The maximum atomic E-state index is 12.2. The van der Waals surface area contributed by atoms with Gasteiger partial charge in [-0.15, -0.1) is 0 Å². The highest BCUT2D eigenvalue weighted by molar-refractivity contribution is 5.89. The van der Waals surface area contributed by atoms with Gasteiger partial charge in [0.2, 0.25) is 0 Å². The fourth-order valence-corrected chi connectivity index (χ4v) is 4.80. The number of nitriles is 1. The summed E-state index contributed by atoms with van der Waals surface area (Å²) in [6, 6.07) is 18.1. The second-order valence-electron chi connectivity index (χ2n) is 8.25. The fourth-order valence-electron chi connectivity index (χ4n) is 4.80. The number of aromatic nitrogens is 1. The van der Waals surface area contributed by atoms with Crippen LogP contribution in [-0.2, 0) is 17.9 Å². The van der Waals surface area contributed by atoms with Gasteiger partial charge in [-0.1, -0.05) is 30.3 Å². The number of benzene rings is 2. The quantitative estimate of drug-likeness (QED) is 0.560. The van der Waals surface area contributed by atoms with E-state index in [1.165, 1.54) is 0 Å². The Bertz CT molecular complexity index is 1120. The summed E-state index contributed by atoms with van der Waals surface area (Å²) in [6.07, 6.45) is 3.21. The number of alkyl carbamates (subject to hydrolysis) is 1. The zero-order valence-electron chi connectivity index (χ0n) is 18.6. The van der Waals surface area contributed by atoms with Crippen molar-refractivity contribution in [3.63, 3.8) is 0 Å². The Balaban J connectivity index is 1.43. The Kier molecular flexibility index (Phi) is 6.65. The molecular formula is C26H29N3O3. The summed E-state index contributed by atoms with van der Waals surface area (Å²) >= 11 is 0. The highest BCUT2D eigenvalue weighted by Gasteiger charge is 2.29. The van der Waals surface area contributed by atoms with Crippen molar-refractivity contribution in [3.8, 4) is 11.8 Å². The van der Waals surface area contributed by atoms with E-state index < -0.39 is 0 Å². The van der Waals surface area contributed by atoms with Crippen LogP contribution in [0.3, 0.4) is 0 Å². The molecule has 1 amide bonds. The van der Waals surface area contributed by atoms with E-state index >= 15 is 0 Å². The molecule has 0 atom stereocenters. The van der Waals surface area contributed by atoms with Crippen LogP contribution in [0.5, 0.6) is 5.75 Å². The number of hydrogen-bond donors (Lipinski definition) is 1. The van der Waals surface area contributed by atoms with E-state index in [1.807, 2.05) is 48.5 Å². The Hall–Kier alpha value is -3.46. The molecule has 6 nitrogen and oxygen atoms in total. The molecule has 1 fully saturated rings. The van der Waals surface area contributed by atoms with Crippen molar-refractivity contribution in [2.45, 2.75) is 57.7 Å². The van der Waals surface area contributed by atoms with Gasteiger partial charge in [0.25, 0.3) is 0 Å². The Labute approximate surface area is 188 Å². The van der Waals surface area contributed by atoms with Crippen molar-refractivity contribution in [2.24, 2.45) is 0 Å². The average molecular weight is 432 g/mol. The maximum absolute atomic E-state index is 12.2. The molecule has 1 N–H and O–H groups in total. The van der Waals surface area contributed by atoms with Gasteiger partial charge in [-0.25, -0.2) is 4.79 Å². The number of nitrogens with zero attached hydrogens (tertiary/aromatic N) is 2. The SMILES string of the molecule is CCn1c(C2CCC(NC(=O)OCc3ccccc3)CC2)c(C#N)c2ccc(OC)cc21. The minimum atomic E-state index is -0.371. The molecule has 0 saturated heterocycles. The largest absolute Gasteiger partial charge is 0.497 e. The van der Waals surface area contributed by atoms with Crippen LogP contribution in [0.25, 0.3) is 10.9 Å². The minimum Gasteiger partial charge on any atom is -0.497 e. The first kappa shape index (κ1) is 21.8. The van der Waals surface area contributed by atoms with E-state index in [0.29, 0.717) is 5.92 Å². The third kappa shape index (κ3) is 4.43. The Morgan fingerprint density at radius 1 is 1.16 bits per heavy atom. The number of fused-ring (bicyclic) bond motifs is 1. The van der Waals surface area contributed by atoms with Crippen LogP contribution >= 0.6 is 0 Å². The van der Waals surface area contributed by atoms with Crippen LogP contribution in [-0.4, -0.2) is 23.8 Å². The van der Waals surface area contributed by atoms with Crippen LogP contribution in [0, 0.1) is 11.3 Å². The first-order valence-electron chi connectivity index (χ1n) is 11.2. The molecule has 32 heavy (non-hydrogen) atoms. The topological polar surface area (TPSA) is 76.3 Å². The first-order chi connectivity index (χ1) is 15.6. The van der Waals surface area contributed by atoms with E-state index in [-0.39, 0.29) is 18.7 Å². The molecule has 3 aromatic rings. The lowest BCUT2D eigenvalue weighted by molar-refractivity contribution is 0.132. The van der Waals surface area contributed by atoms with Crippen molar-refractivity contribution >= 4 is 17.0 Å². The van der Waals surface area contributed by atoms with E-state index in [2.05, 4.69) is 22.9 Å². The van der Waals surface area contributed by atoms with Crippen LogP contribution < -0.4 is 10.1 Å². The second-order valence-corrected chi connectivity index (χ2v) is 8.25. The standard InChI is InChI=1S/C26H29N3O3/c1-3-29-24-15-21(31-2)13-14-22(24)23(16-27)25(29)19-9-11-20(12-10-19)28-26(30)32-17-18-7-5-4-6-8-18/h4-8,13-15,19-20H,3,9-12,17H2,1-2H3,(H,28,30). The number of hydrogen-bond acceptors (Lipinski definition) is 4. The molecule has 166 valence electrons. The molecule has 0 aliphatic heterocycles. The van der Waals surface area contributed by atoms with E-state index in [9.17, 15) is 10.1 Å². The molecule has 1 saturated carbocycles. The highest BCUT2D eigenvalue weighted by atomic mass is 16.5. The molecule has 0 radical (unpaired) electrons. The molecule has 1 aliphatic rings. The van der Waals surface area contributed by atoms with Gasteiger partial charge in [0.05, 0.1) is 18.2 Å². The van der Waals surface area contributed by atoms with Crippen LogP contribution in [0.15, 0.2) is 48.5 Å². The van der Waals surface area contributed by atoms with Gasteiger partial charge in [-0.05, 0) is 50.3 Å². The lowest BCUT2D eigenvalue weighted by Crippen LogP contribution is -2.37. The molecule has 0 unspecified atom stereocenters. The first-order valence-corrected chi connectivity index (χ1v) is 11.2. The zero-order chi connectivity index (χ0) is 22.5. The third-order valence-electron chi connectivity index (χ3n) is 6.39. The maximum Gasteiger partial charge on any atom is 0.407 e. The summed E-state index contributed by atoms with van der Waals surface area (Å²) in [7, 11) is 1.66. The second kappa shape index (κ2) is 9.78. The van der Waals surface area contributed by atoms with Crippen molar-refractivity contribution < 1.29 is 14.3 Å². The normalized spacial score (nSPS) is 18.2. The van der Waals surface area contributed by atoms with Gasteiger partial charge in [0, 0.05) is 35.7 Å². The summed E-state index contributed by atoms with van der Waals surface area (Å²) in [5.41, 5.74) is 3.90. The highest BCUT2D eigenvalue weighted by Crippen LogP contribution is 2.39. The molecule has 2 aromatic carbocycles. The van der Waals surface area contributed by atoms with E-state index in [0.717, 1.165) is 65.7 Å². The van der Waals surface area contributed by atoms with Gasteiger partial charge in [0.15, 0.2) is 0 Å². The van der Waals surface area contributed by atoms with Gasteiger partial charge >= 0.3 is 6.09 Å². The predicted octanol–water partition coefficient (Wildman–Crippen LogP) is 5.49. The molecule has 0 spiro atoms. The summed E-state index contributed by atoms with van der Waals surface area (Å²) in [6.45, 7) is 3.18. The Morgan fingerprint density at radius 2 is 1.91 bits per heavy atom. The van der Waals surface area contributed by atoms with E-state index in [4.69, 9.17) is 9.47 Å². The zero-order valence-corrected chi connectivity index (χ0v) is 18.6. The molecule has 1 aliphatic carbocycles. The third-order valence-corrected chi connectivity index (χ3v) is 6.39. The summed E-state index contributed by atoms with van der Waals surface area (Å²) < 4.78 is 13.0. The molecule has 1 aromatic heterocycles. The molecule has 1 heterocycles. The molecule has 6 heteroatoms. The van der Waals surface area contributed by atoms with Crippen LogP contribution in [0.1, 0.15) is 55.3 Å². The van der Waals surface area contributed by atoms with Crippen molar-refractivity contribution in [2.75, 3.05) is 7.11 Å². The minimum absolute atomic E-state index is 0.0969. The lowest BCUT2D eigenvalue weighted by Gasteiger charge is -2.30. The molecule has 4 rings (SSSR count). The van der Waals surface area contributed by atoms with Gasteiger partial charge < -0.3 is 19.4 Å². The number of carbonyl (C=O) groups is 1. The van der Waals surface area contributed by atoms with Crippen LogP contribution in [0.2, 0.25) is 0 Å². The molecular weight excluding hydrogens is 402 g/mol. The summed E-state index contributed by atoms with van der Waals surface area (Å²) in [5, 5.41) is 13.9. The number of aryl methyl sites for hydroxylation is 1. The number of methoxy groups -OCH3 is 1. The van der Waals surface area contributed by atoms with Gasteiger partial charge in [-0.3, -0.25) is 0 Å². The monoisotopic (exact) mass is 431 g/mol. The van der Waals surface area contributed by atoms with Gasteiger partial charge in [0.1, 0.15) is 18.4 Å². The Morgan fingerprint density at radius 3 is 2.56 bits per heavy atom. The van der Waals surface area contributed by atoms with Crippen LogP contribution in [0.4, 0.5) is 4.79 Å². The van der Waals surface area contributed by atoms with Crippen molar-refractivity contribution in [1.29, 1.82) is 5.26 Å². The summed E-state index contributed by atoms with van der Waals surface area (Å²) in [5.74, 6) is 1.09. The van der Waals surface area contributed by atoms with Crippen molar-refractivity contribution in [1.82, 2.24) is 9.88 Å². The fraction of sp³-hybridized carbons (Fsp3) is 0.385. The number of amides is 1.